The highest BCUT2D eigenvalue weighted by Crippen LogP contribution is 2.32. The van der Waals surface area contributed by atoms with Gasteiger partial charge in [0.05, 0.1) is 5.92 Å². The summed E-state index contributed by atoms with van der Waals surface area (Å²) in [5.41, 5.74) is 2.20. The number of amides is 2. The summed E-state index contributed by atoms with van der Waals surface area (Å²) < 4.78 is 13.4. The summed E-state index contributed by atoms with van der Waals surface area (Å²) in [5, 5.41) is 5.55. The van der Waals surface area contributed by atoms with Gasteiger partial charge in [-0.1, -0.05) is 24.3 Å². The van der Waals surface area contributed by atoms with Gasteiger partial charge >= 0.3 is 0 Å². The highest BCUT2D eigenvalue weighted by atomic mass is 19.1. The van der Waals surface area contributed by atoms with Gasteiger partial charge < -0.3 is 15.5 Å². The molecule has 0 aromatic heterocycles. The van der Waals surface area contributed by atoms with Crippen LogP contribution in [0.1, 0.15) is 31.2 Å². The molecule has 27 heavy (non-hydrogen) atoms. The van der Waals surface area contributed by atoms with Gasteiger partial charge in [-0.15, -0.1) is 0 Å². The zero-order valence-corrected chi connectivity index (χ0v) is 15.4. The Balaban J connectivity index is 1.55. The van der Waals surface area contributed by atoms with E-state index in [-0.39, 0.29) is 18.2 Å². The fraction of sp³-hybridized carbons (Fsp3) is 0.333. The van der Waals surface area contributed by atoms with Crippen molar-refractivity contribution in [2.24, 2.45) is 0 Å². The van der Waals surface area contributed by atoms with Crippen LogP contribution < -0.4 is 15.5 Å². The number of halogens is 1. The third-order valence-electron chi connectivity index (χ3n) is 4.78. The monoisotopic (exact) mass is 369 g/mol. The molecule has 2 aromatic carbocycles. The van der Waals surface area contributed by atoms with Gasteiger partial charge in [0.15, 0.2) is 0 Å². The fourth-order valence-electron chi connectivity index (χ4n) is 3.38. The van der Waals surface area contributed by atoms with Crippen LogP contribution in [0.5, 0.6) is 0 Å². The lowest BCUT2D eigenvalue weighted by atomic mass is 9.89. The summed E-state index contributed by atoms with van der Waals surface area (Å²) in [5.74, 6) is -1.48. The normalized spacial score (nSPS) is 15.6. The zero-order chi connectivity index (χ0) is 19.2. The summed E-state index contributed by atoms with van der Waals surface area (Å²) in [6.45, 7) is 4.34. The largest absolute Gasteiger partial charge is 0.372 e. The molecule has 1 heterocycles. The van der Waals surface area contributed by atoms with E-state index in [4.69, 9.17) is 0 Å². The smallest absolute Gasteiger partial charge is 0.228 e. The Hall–Kier alpha value is -2.89. The highest BCUT2D eigenvalue weighted by molar-refractivity contribution is 6.01. The Morgan fingerprint density at radius 3 is 2.78 bits per heavy atom. The number of hydrogen-bond acceptors (Lipinski definition) is 3. The molecule has 142 valence electrons. The number of rotatable bonds is 7. The van der Waals surface area contributed by atoms with E-state index >= 15 is 0 Å². The third-order valence-corrected chi connectivity index (χ3v) is 4.78. The Labute approximate surface area is 158 Å². The summed E-state index contributed by atoms with van der Waals surface area (Å²) in [6.07, 6.45) is 0.874. The molecule has 1 atom stereocenters. The second-order valence-electron chi connectivity index (χ2n) is 6.60. The molecule has 5 nitrogen and oxygen atoms in total. The number of fused-ring (bicyclic) bond motifs is 1. The maximum Gasteiger partial charge on any atom is 0.228 e. The van der Waals surface area contributed by atoms with Crippen LogP contribution in [0.2, 0.25) is 0 Å². The van der Waals surface area contributed by atoms with Gasteiger partial charge in [-0.3, -0.25) is 9.59 Å². The van der Waals surface area contributed by atoms with Crippen molar-refractivity contribution in [3.63, 3.8) is 0 Å². The SMILES string of the molecule is CCN(CCCNC(=O)C1CC(=O)Nc2cc(F)ccc21)c1ccccc1. The zero-order valence-electron chi connectivity index (χ0n) is 15.4. The molecule has 0 aliphatic carbocycles. The van der Waals surface area contributed by atoms with Crippen molar-refractivity contribution in [2.75, 3.05) is 29.9 Å². The van der Waals surface area contributed by atoms with Gasteiger partial charge in [0, 0.05) is 37.4 Å². The first-order valence-corrected chi connectivity index (χ1v) is 9.25. The van der Waals surface area contributed by atoms with Gasteiger partial charge in [0.2, 0.25) is 11.8 Å². The number of benzene rings is 2. The van der Waals surface area contributed by atoms with Crippen molar-refractivity contribution in [1.29, 1.82) is 0 Å². The van der Waals surface area contributed by atoms with E-state index in [0.717, 1.165) is 25.2 Å². The second kappa shape index (κ2) is 8.66. The number of hydrogen-bond donors (Lipinski definition) is 2. The highest BCUT2D eigenvalue weighted by Gasteiger charge is 2.30. The van der Waals surface area contributed by atoms with Crippen LogP contribution in [0.15, 0.2) is 48.5 Å². The second-order valence-corrected chi connectivity index (χ2v) is 6.60. The molecule has 0 spiro atoms. The van der Waals surface area contributed by atoms with Crippen LogP contribution in [0.3, 0.4) is 0 Å². The first-order chi connectivity index (χ1) is 13.1. The first kappa shape index (κ1) is 18.9. The number of carbonyl (C=O) groups excluding carboxylic acids is 2. The van der Waals surface area contributed by atoms with Crippen LogP contribution in [-0.2, 0) is 9.59 Å². The molecular weight excluding hydrogens is 345 g/mol. The molecule has 1 aliphatic rings. The van der Waals surface area contributed by atoms with Gasteiger partial charge in [-0.25, -0.2) is 4.39 Å². The standard InChI is InChI=1S/C21H24FN3O2/c1-2-25(16-7-4-3-5-8-16)12-6-11-23-21(27)18-14-20(26)24-19-13-15(22)9-10-17(18)19/h3-5,7-10,13,18H,2,6,11-12,14H2,1H3,(H,23,27)(H,24,26). The fourth-order valence-corrected chi connectivity index (χ4v) is 3.38. The van der Waals surface area contributed by atoms with E-state index < -0.39 is 11.7 Å². The van der Waals surface area contributed by atoms with E-state index in [9.17, 15) is 14.0 Å². The third kappa shape index (κ3) is 4.64. The van der Waals surface area contributed by atoms with Crippen LogP contribution >= 0.6 is 0 Å². The summed E-state index contributed by atoms with van der Waals surface area (Å²) >= 11 is 0. The van der Waals surface area contributed by atoms with Gasteiger partial charge in [0.1, 0.15) is 5.82 Å². The van der Waals surface area contributed by atoms with Crippen molar-refractivity contribution in [3.8, 4) is 0 Å². The topological polar surface area (TPSA) is 61.4 Å². The maximum atomic E-state index is 13.4. The van der Waals surface area contributed by atoms with Crippen molar-refractivity contribution in [3.05, 3.63) is 59.9 Å². The number of anilines is 2. The minimum Gasteiger partial charge on any atom is -0.372 e. The molecule has 1 aliphatic heterocycles. The van der Waals surface area contributed by atoms with E-state index in [1.165, 1.54) is 12.1 Å². The average Bonchev–Trinajstić information content (AvgIpc) is 2.67. The van der Waals surface area contributed by atoms with Gasteiger partial charge in [0.25, 0.3) is 0 Å². The summed E-state index contributed by atoms with van der Waals surface area (Å²) in [6, 6.07) is 14.3. The molecule has 6 heteroatoms. The average molecular weight is 369 g/mol. The Kier molecular flexibility index (Phi) is 6.06. The molecule has 0 saturated heterocycles. The van der Waals surface area contributed by atoms with Crippen LogP contribution in [0.25, 0.3) is 0 Å². The van der Waals surface area contributed by atoms with Crippen molar-refractivity contribution < 1.29 is 14.0 Å². The number of para-hydroxylation sites is 1. The molecule has 0 bridgehead atoms. The molecule has 0 saturated carbocycles. The number of carbonyl (C=O) groups is 2. The molecule has 2 amide bonds. The van der Waals surface area contributed by atoms with Crippen molar-refractivity contribution >= 4 is 23.2 Å². The lowest BCUT2D eigenvalue weighted by Crippen LogP contribution is -2.36. The Morgan fingerprint density at radius 2 is 2.04 bits per heavy atom. The first-order valence-electron chi connectivity index (χ1n) is 9.25. The van der Waals surface area contributed by atoms with Gasteiger partial charge in [-0.2, -0.15) is 0 Å². The lowest BCUT2D eigenvalue weighted by molar-refractivity contribution is -0.126. The summed E-state index contributed by atoms with van der Waals surface area (Å²) in [4.78, 5) is 26.7. The molecule has 2 aromatic rings. The van der Waals surface area contributed by atoms with Crippen molar-refractivity contribution in [1.82, 2.24) is 5.32 Å². The molecule has 3 rings (SSSR count). The van der Waals surface area contributed by atoms with Crippen LogP contribution in [0.4, 0.5) is 15.8 Å². The predicted octanol–water partition coefficient (Wildman–Crippen LogP) is 3.28. The van der Waals surface area contributed by atoms with E-state index in [0.29, 0.717) is 17.8 Å². The van der Waals surface area contributed by atoms with Crippen molar-refractivity contribution in [2.45, 2.75) is 25.7 Å². The summed E-state index contributed by atoms with van der Waals surface area (Å²) in [7, 11) is 0. The van der Waals surface area contributed by atoms with Crippen LogP contribution in [0, 0.1) is 5.82 Å². The molecule has 2 N–H and O–H groups in total. The predicted molar refractivity (Wildman–Crippen MR) is 104 cm³/mol. The van der Waals surface area contributed by atoms with E-state index in [1.807, 2.05) is 18.2 Å². The Morgan fingerprint density at radius 1 is 1.26 bits per heavy atom. The number of nitrogens with zero attached hydrogens (tertiary/aromatic N) is 1. The van der Waals surface area contributed by atoms with E-state index in [1.54, 1.807) is 6.07 Å². The molecule has 0 radical (unpaired) electrons. The minimum atomic E-state index is -0.578. The minimum absolute atomic E-state index is 0.0789. The van der Waals surface area contributed by atoms with Gasteiger partial charge in [-0.05, 0) is 43.2 Å². The Bertz CT molecular complexity index is 810. The maximum absolute atomic E-state index is 13.4. The van der Waals surface area contributed by atoms with E-state index in [2.05, 4.69) is 34.6 Å². The molecular formula is C21H24FN3O2. The van der Waals surface area contributed by atoms with Crippen LogP contribution in [-0.4, -0.2) is 31.4 Å². The number of nitrogens with one attached hydrogen (secondary N) is 2. The molecule has 1 unspecified atom stereocenters. The molecule has 0 fully saturated rings. The lowest BCUT2D eigenvalue weighted by Gasteiger charge is -2.25. The quantitative estimate of drug-likeness (QED) is 0.737.